The van der Waals surface area contributed by atoms with Gasteiger partial charge in [-0.1, -0.05) is 6.92 Å². The van der Waals surface area contributed by atoms with E-state index in [-0.39, 0.29) is 5.54 Å². The van der Waals surface area contributed by atoms with Crippen LogP contribution in [0.25, 0.3) is 0 Å². The summed E-state index contributed by atoms with van der Waals surface area (Å²) in [6.07, 6.45) is 0.969. The van der Waals surface area contributed by atoms with Crippen molar-refractivity contribution >= 4 is 0 Å². The first kappa shape index (κ1) is 11.3. The van der Waals surface area contributed by atoms with Gasteiger partial charge in [0.1, 0.15) is 11.5 Å². The molecule has 0 radical (unpaired) electrons. The van der Waals surface area contributed by atoms with Crippen molar-refractivity contribution in [1.82, 2.24) is 5.32 Å². The van der Waals surface area contributed by atoms with Crippen molar-refractivity contribution in [1.29, 1.82) is 0 Å². The number of nitrogens with one attached hydrogen (secondary N) is 1. The van der Waals surface area contributed by atoms with Gasteiger partial charge in [-0.2, -0.15) is 0 Å². The molecular formula is C11H20N2O. The SMILES string of the molecule is CCC(C)(N)CNCc1ccc(C)o1. The summed E-state index contributed by atoms with van der Waals surface area (Å²) in [5.74, 6) is 1.92. The monoisotopic (exact) mass is 196 g/mol. The maximum absolute atomic E-state index is 5.99. The van der Waals surface area contributed by atoms with Gasteiger partial charge in [0, 0.05) is 12.1 Å². The highest BCUT2D eigenvalue weighted by Gasteiger charge is 2.14. The Hall–Kier alpha value is -0.800. The Morgan fingerprint density at radius 1 is 1.50 bits per heavy atom. The van der Waals surface area contributed by atoms with Gasteiger partial charge in [-0.15, -0.1) is 0 Å². The minimum absolute atomic E-state index is 0.123. The quantitative estimate of drug-likeness (QED) is 0.755. The summed E-state index contributed by atoms with van der Waals surface area (Å²) in [6, 6.07) is 3.96. The van der Waals surface area contributed by atoms with E-state index in [9.17, 15) is 0 Å². The lowest BCUT2D eigenvalue weighted by molar-refractivity contribution is 0.394. The third-order valence-corrected chi connectivity index (χ3v) is 2.43. The van der Waals surface area contributed by atoms with Gasteiger partial charge in [-0.3, -0.25) is 0 Å². The Morgan fingerprint density at radius 3 is 2.71 bits per heavy atom. The molecule has 80 valence electrons. The van der Waals surface area contributed by atoms with Crippen molar-refractivity contribution in [3.8, 4) is 0 Å². The Balaban J connectivity index is 2.28. The molecule has 0 aliphatic heterocycles. The normalized spacial score (nSPS) is 15.4. The molecule has 14 heavy (non-hydrogen) atoms. The second kappa shape index (κ2) is 4.62. The van der Waals surface area contributed by atoms with E-state index in [4.69, 9.17) is 10.2 Å². The van der Waals surface area contributed by atoms with Crippen LogP contribution in [-0.4, -0.2) is 12.1 Å². The van der Waals surface area contributed by atoms with Crippen molar-refractivity contribution < 1.29 is 4.42 Å². The lowest BCUT2D eigenvalue weighted by Crippen LogP contribution is -2.45. The Labute approximate surface area is 85.7 Å². The molecule has 1 heterocycles. The fraction of sp³-hybridized carbons (Fsp3) is 0.636. The Morgan fingerprint density at radius 2 is 2.21 bits per heavy atom. The molecule has 0 aliphatic carbocycles. The minimum atomic E-state index is -0.123. The molecule has 0 amide bonds. The van der Waals surface area contributed by atoms with Gasteiger partial charge < -0.3 is 15.5 Å². The largest absolute Gasteiger partial charge is 0.465 e. The lowest BCUT2D eigenvalue weighted by atomic mass is 10.0. The Bertz CT molecular complexity index is 279. The van der Waals surface area contributed by atoms with Crippen LogP contribution in [0, 0.1) is 6.92 Å². The number of nitrogens with two attached hydrogens (primary N) is 1. The number of rotatable bonds is 5. The molecule has 1 unspecified atom stereocenters. The van der Waals surface area contributed by atoms with Crippen molar-refractivity contribution in [3.63, 3.8) is 0 Å². The highest BCUT2D eigenvalue weighted by Crippen LogP contribution is 2.07. The molecule has 1 aromatic heterocycles. The second-order valence-electron chi connectivity index (χ2n) is 4.12. The molecule has 1 aromatic rings. The van der Waals surface area contributed by atoms with Gasteiger partial charge in [0.05, 0.1) is 6.54 Å². The van der Waals surface area contributed by atoms with Crippen LogP contribution in [0.15, 0.2) is 16.5 Å². The van der Waals surface area contributed by atoms with E-state index in [1.807, 2.05) is 26.0 Å². The molecule has 0 bridgehead atoms. The zero-order valence-electron chi connectivity index (χ0n) is 9.26. The van der Waals surface area contributed by atoms with E-state index < -0.39 is 0 Å². The zero-order valence-corrected chi connectivity index (χ0v) is 9.26. The van der Waals surface area contributed by atoms with Gasteiger partial charge in [0.25, 0.3) is 0 Å². The van der Waals surface area contributed by atoms with Gasteiger partial charge in [-0.05, 0) is 32.4 Å². The minimum Gasteiger partial charge on any atom is -0.465 e. The van der Waals surface area contributed by atoms with E-state index in [1.165, 1.54) is 0 Å². The maximum atomic E-state index is 5.99. The van der Waals surface area contributed by atoms with E-state index >= 15 is 0 Å². The fourth-order valence-electron chi connectivity index (χ4n) is 1.18. The molecule has 3 N–H and O–H groups in total. The topological polar surface area (TPSA) is 51.2 Å². The average Bonchev–Trinajstić information content (AvgIpc) is 2.51. The molecule has 1 rings (SSSR count). The number of aryl methyl sites for hydroxylation is 1. The Kier molecular flexibility index (Phi) is 3.72. The summed E-state index contributed by atoms with van der Waals surface area (Å²) < 4.78 is 5.43. The first-order chi connectivity index (χ1) is 6.53. The van der Waals surface area contributed by atoms with Crippen LogP contribution in [0.5, 0.6) is 0 Å². The molecule has 3 nitrogen and oxygen atoms in total. The summed E-state index contributed by atoms with van der Waals surface area (Å²) in [6.45, 7) is 7.65. The van der Waals surface area contributed by atoms with Crippen molar-refractivity contribution in [2.45, 2.75) is 39.3 Å². The molecule has 0 fully saturated rings. The third kappa shape index (κ3) is 3.52. The van der Waals surface area contributed by atoms with Gasteiger partial charge in [0.15, 0.2) is 0 Å². The summed E-state index contributed by atoms with van der Waals surface area (Å²) in [5, 5.41) is 3.29. The van der Waals surface area contributed by atoms with Crippen LogP contribution in [0.4, 0.5) is 0 Å². The standard InChI is InChI=1S/C11H20N2O/c1-4-11(3,12)8-13-7-10-6-5-9(2)14-10/h5-6,13H,4,7-8,12H2,1-3H3. The molecule has 1 atom stereocenters. The molecule has 0 spiro atoms. The first-order valence-corrected chi connectivity index (χ1v) is 5.08. The summed E-state index contributed by atoms with van der Waals surface area (Å²) in [7, 11) is 0. The van der Waals surface area contributed by atoms with Crippen LogP contribution in [0.3, 0.4) is 0 Å². The highest BCUT2D eigenvalue weighted by molar-refractivity contribution is 5.05. The molecule has 0 aliphatic rings. The predicted octanol–water partition coefficient (Wildman–Crippen LogP) is 1.81. The van der Waals surface area contributed by atoms with Crippen LogP contribution >= 0.6 is 0 Å². The summed E-state index contributed by atoms with van der Waals surface area (Å²) in [4.78, 5) is 0. The van der Waals surface area contributed by atoms with E-state index in [0.717, 1.165) is 31.0 Å². The molecule has 0 saturated heterocycles. The van der Waals surface area contributed by atoms with Crippen molar-refractivity contribution in [2.75, 3.05) is 6.54 Å². The average molecular weight is 196 g/mol. The maximum Gasteiger partial charge on any atom is 0.117 e. The molecular weight excluding hydrogens is 176 g/mol. The predicted molar refractivity (Wildman–Crippen MR) is 58.0 cm³/mol. The summed E-state index contributed by atoms with van der Waals surface area (Å²) in [5.41, 5.74) is 5.87. The van der Waals surface area contributed by atoms with Gasteiger partial charge >= 0.3 is 0 Å². The molecule has 0 saturated carbocycles. The van der Waals surface area contributed by atoms with Gasteiger partial charge in [-0.25, -0.2) is 0 Å². The van der Waals surface area contributed by atoms with Crippen LogP contribution in [0.1, 0.15) is 31.8 Å². The van der Waals surface area contributed by atoms with Crippen molar-refractivity contribution in [3.05, 3.63) is 23.7 Å². The zero-order chi connectivity index (χ0) is 10.6. The number of hydrogen-bond acceptors (Lipinski definition) is 3. The van der Waals surface area contributed by atoms with Crippen LogP contribution in [-0.2, 0) is 6.54 Å². The summed E-state index contributed by atoms with van der Waals surface area (Å²) >= 11 is 0. The number of hydrogen-bond donors (Lipinski definition) is 2. The first-order valence-electron chi connectivity index (χ1n) is 5.08. The number of furan rings is 1. The lowest BCUT2D eigenvalue weighted by Gasteiger charge is -2.22. The third-order valence-electron chi connectivity index (χ3n) is 2.43. The fourth-order valence-corrected chi connectivity index (χ4v) is 1.18. The smallest absolute Gasteiger partial charge is 0.117 e. The highest BCUT2D eigenvalue weighted by atomic mass is 16.3. The van der Waals surface area contributed by atoms with Crippen molar-refractivity contribution in [2.24, 2.45) is 5.73 Å². The van der Waals surface area contributed by atoms with E-state index in [2.05, 4.69) is 12.2 Å². The van der Waals surface area contributed by atoms with E-state index in [1.54, 1.807) is 0 Å². The second-order valence-corrected chi connectivity index (χ2v) is 4.12. The van der Waals surface area contributed by atoms with Crippen LogP contribution < -0.4 is 11.1 Å². The van der Waals surface area contributed by atoms with Gasteiger partial charge in [0.2, 0.25) is 0 Å². The van der Waals surface area contributed by atoms with Crippen LogP contribution in [0.2, 0.25) is 0 Å². The van der Waals surface area contributed by atoms with E-state index in [0.29, 0.717) is 0 Å². The molecule has 3 heteroatoms. The molecule has 0 aromatic carbocycles.